The second-order valence-corrected chi connectivity index (χ2v) is 5.75. The lowest BCUT2D eigenvalue weighted by Gasteiger charge is -2.21. The maximum Gasteiger partial charge on any atom is 0.282 e. The van der Waals surface area contributed by atoms with Crippen molar-refractivity contribution in [3.8, 4) is 0 Å². The van der Waals surface area contributed by atoms with E-state index in [1.807, 2.05) is 44.3 Å². The highest BCUT2D eigenvalue weighted by Gasteiger charge is 2.22. The van der Waals surface area contributed by atoms with E-state index in [0.29, 0.717) is 5.69 Å². The highest BCUT2D eigenvalue weighted by molar-refractivity contribution is 6.33. The Balaban J connectivity index is 1.99. The summed E-state index contributed by atoms with van der Waals surface area (Å²) in [5, 5.41) is 2.94. The Morgan fingerprint density at radius 2 is 1.95 bits per heavy atom. The molecule has 0 heterocycles. The third-order valence-electron chi connectivity index (χ3n) is 3.65. The minimum atomic E-state index is -0.428. The van der Waals surface area contributed by atoms with Crippen LogP contribution in [0.1, 0.15) is 12.5 Å². The van der Waals surface area contributed by atoms with Crippen LogP contribution >= 0.6 is 11.6 Å². The van der Waals surface area contributed by atoms with Crippen LogP contribution in [-0.4, -0.2) is 19.0 Å². The lowest BCUT2D eigenvalue weighted by atomic mass is 10.2. The Hall–Kier alpha value is -1.91. The molecule has 0 aliphatic rings. The Bertz CT molecular complexity index is 648. The van der Waals surface area contributed by atoms with Crippen LogP contribution in [0.3, 0.4) is 0 Å². The summed E-state index contributed by atoms with van der Waals surface area (Å²) in [6.45, 7) is 2.59. The number of benzene rings is 2. The largest absolute Gasteiger partial charge is 0.324 e. The van der Waals surface area contributed by atoms with Gasteiger partial charge < -0.3 is 10.2 Å². The highest BCUT2D eigenvalue weighted by Crippen LogP contribution is 2.22. The van der Waals surface area contributed by atoms with Crippen LogP contribution in [0.15, 0.2) is 48.5 Å². The van der Waals surface area contributed by atoms with Gasteiger partial charge >= 0.3 is 0 Å². The van der Waals surface area contributed by atoms with E-state index in [-0.39, 0.29) is 17.0 Å². The molecule has 3 nitrogen and oxygen atoms in total. The van der Waals surface area contributed by atoms with Crippen molar-refractivity contribution in [1.29, 1.82) is 0 Å². The van der Waals surface area contributed by atoms with Gasteiger partial charge in [-0.3, -0.25) is 4.79 Å². The summed E-state index contributed by atoms with van der Waals surface area (Å²) < 4.78 is 13.0. The van der Waals surface area contributed by atoms with Crippen molar-refractivity contribution >= 4 is 23.2 Å². The van der Waals surface area contributed by atoms with E-state index in [9.17, 15) is 9.18 Å². The second kappa shape index (κ2) is 7.38. The van der Waals surface area contributed by atoms with Crippen LogP contribution in [0.5, 0.6) is 0 Å². The Morgan fingerprint density at radius 3 is 2.59 bits per heavy atom. The minimum Gasteiger partial charge on any atom is -0.324 e. The molecule has 1 amide bonds. The number of hydrogen-bond acceptors (Lipinski definition) is 1. The van der Waals surface area contributed by atoms with Gasteiger partial charge in [-0.25, -0.2) is 4.39 Å². The predicted molar refractivity (Wildman–Crippen MR) is 86.5 cm³/mol. The monoisotopic (exact) mass is 321 g/mol. The van der Waals surface area contributed by atoms with Crippen LogP contribution in [0, 0.1) is 5.82 Å². The molecule has 0 fully saturated rings. The molecule has 2 rings (SSSR count). The van der Waals surface area contributed by atoms with Crippen molar-refractivity contribution in [3.05, 3.63) is 64.9 Å². The smallest absolute Gasteiger partial charge is 0.282 e. The fourth-order valence-electron chi connectivity index (χ4n) is 2.13. The molecule has 0 radical (unpaired) electrons. The number of amides is 1. The molecule has 0 saturated carbocycles. The summed E-state index contributed by atoms with van der Waals surface area (Å²) in [6.07, 6.45) is 0. The summed E-state index contributed by atoms with van der Waals surface area (Å²) in [4.78, 5) is 13.4. The lowest BCUT2D eigenvalue weighted by molar-refractivity contribution is -0.907. The molecule has 22 heavy (non-hydrogen) atoms. The van der Waals surface area contributed by atoms with Crippen molar-refractivity contribution in [2.24, 2.45) is 0 Å². The fraction of sp³-hybridized carbons (Fsp3) is 0.235. The number of anilines is 1. The molecule has 0 bridgehead atoms. The number of nitrogens with one attached hydrogen (secondary N) is 2. The average Bonchev–Trinajstić information content (AvgIpc) is 2.50. The van der Waals surface area contributed by atoms with Gasteiger partial charge in [0, 0.05) is 5.56 Å². The number of halogens is 2. The van der Waals surface area contributed by atoms with Gasteiger partial charge in [0.25, 0.3) is 5.91 Å². The third-order valence-corrected chi connectivity index (χ3v) is 3.96. The highest BCUT2D eigenvalue weighted by atomic mass is 35.5. The maximum absolute atomic E-state index is 13.0. The summed E-state index contributed by atoms with van der Waals surface area (Å²) >= 11 is 5.93. The molecular weight excluding hydrogens is 303 g/mol. The van der Waals surface area contributed by atoms with Gasteiger partial charge in [-0.2, -0.15) is 0 Å². The van der Waals surface area contributed by atoms with Gasteiger partial charge in [0.05, 0.1) is 17.8 Å². The zero-order valence-electron chi connectivity index (χ0n) is 12.6. The molecule has 116 valence electrons. The van der Waals surface area contributed by atoms with Gasteiger partial charge in [0.15, 0.2) is 6.04 Å². The molecule has 5 heteroatoms. The average molecular weight is 322 g/mol. The second-order valence-electron chi connectivity index (χ2n) is 5.34. The van der Waals surface area contributed by atoms with E-state index in [2.05, 4.69) is 5.32 Å². The quantitative estimate of drug-likeness (QED) is 0.872. The van der Waals surface area contributed by atoms with Crippen molar-refractivity contribution < 1.29 is 14.1 Å². The number of hydrogen-bond donors (Lipinski definition) is 2. The Kier molecular flexibility index (Phi) is 5.52. The van der Waals surface area contributed by atoms with Gasteiger partial charge in [0.2, 0.25) is 0 Å². The molecule has 2 aromatic carbocycles. The number of carbonyl (C=O) groups excluding carboxylic acids is 1. The molecule has 2 N–H and O–H groups in total. The van der Waals surface area contributed by atoms with Crippen LogP contribution in [0.4, 0.5) is 10.1 Å². The first-order valence-electron chi connectivity index (χ1n) is 7.09. The van der Waals surface area contributed by atoms with Crippen molar-refractivity contribution in [2.45, 2.75) is 19.5 Å². The zero-order chi connectivity index (χ0) is 16.1. The number of carbonyl (C=O) groups is 1. The first-order chi connectivity index (χ1) is 10.5. The van der Waals surface area contributed by atoms with E-state index >= 15 is 0 Å². The molecule has 0 aliphatic heterocycles. The molecule has 1 unspecified atom stereocenters. The van der Waals surface area contributed by atoms with Gasteiger partial charge in [-0.05, 0) is 25.1 Å². The van der Waals surface area contributed by atoms with Gasteiger partial charge in [-0.1, -0.05) is 41.9 Å². The number of quaternary nitrogens is 1. The normalized spacial score (nSPS) is 13.5. The molecule has 0 aliphatic carbocycles. The minimum absolute atomic E-state index is 0.151. The number of likely N-dealkylation sites (N-methyl/N-ethyl adjacent to an activating group) is 1. The van der Waals surface area contributed by atoms with Crippen LogP contribution in [-0.2, 0) is 11.3 Å². The van der Waals surface area contributed by atoms with Crippen LogP contribution in [0.2, 0.25) is 5.02 Å². The van der Waals surface area contributed by atoms with Crippen LogP contribution < -0.4 is 10.2 Å². The van der Waals surface area contributed by atoms with E-state index in [1.165, 1.54) is 23.8 Å². The molecule has 2 aromatic rings. The van der Waals surface area contributed by atoms with E-state index in [0.717, 1.165) is 11.4 Å². The summed E-state index contributed by atoms with van der Waals surface area (Å²) in [6, 6.07) is 13.6. The van der Waals surface area contributed by atoms with Crippen molar-refractivity contribution in [3.63, 3.8) is 0 Å². The molecule has 0 saturated heterocycles. The van der Waals surface area contributed by atoms with E-state index in [4.69, 9.17) is 11.6 Å². The SMILES string of the molecule is C[C@H](C(=O)Nc1ccc(F)cc1Cl)[NH+](C)Cc1ccccc1. The van der Waals surface area contributed by atoms with Gasteiger partial charge in [0.1, 0.15) is 12.4 Å². The summed E-state index contributed by atoms with van der Waals surface area (Å²) in [5.74, 6) is -0.579. The lowest BCUT2D eigenvalue weighted by Crippen LogP contribution is -3.12. The maximum atomic E-state index is 13.0. The van der Waals surface area contributed by atoms with Gasteiger partial charge in [-0.15, -0.1) is 0 Å². The summed E-state index contributed by atoms with van der Waals surface area (Å²) in [7, 11) is 1.96. The molecule has 0 aromatic heterocycles. The Morgan fingerprint density at radius 1 is 1.27 bits per heavy atom. The van der Waals surface area contributed by atoms with E-state index < -0.39 is 5.82 Å². The topological polar surface area (TPSA) is 33.5 Å². The zero-order valence-corrected chi connectivity index (χ0v) is 13.3. The van der Waals surface area contributed by atoms with Crippen molar-refractivity contribution in [1.82, 2.24) is 0 Å². The molecule has 2 atom stereocenters. The first-order valence-corrected chi connectivity index (χ1v) is 7.47. The summed E-state index contributed by atoms with van der Waals surface area (Å²) in [5.41, 5.74) is 1.59. The molecular formula is C17H19ClFN2O+. The fourth-order valence-corrected chi connectivity index (χ4v) is 2.34. The first kappa shape index (κ1) is 16.5. The third kappa shape index (κ3) is 4.29. The standard InChI is InChI=1S/C17H18ClFN2O/c1-12(21(2)11-13-6-4-3-5-7-13)17(22)20-16-9-8-14(19)10-15(16)18/h3-10,12H,11H2,1-2H3,(H,20,22)/p+1/t12-/m1/s1. The molecule has 0 spiro atoms. The number of rotatable bonds is 5. The Labute approximate surface area is 134 Å². The van der Waals surface area contributed by atoms with E-state index in [1.54, 1.807) is 0 Å². The van der Waals surface area contributed by atoms with Crippen molar-refractivity contribution in [2.75, 3.05) is 12.4 Å². The van der Waals surface area contributed by atoms with Crippen LogP contribution in [0.25, 0.3) is 0 Å². The predicted octanol–water partition coefficient (Wildman–Crippen LogP) is 2.52.